The van der Waals surface area contributed by atoms with Gasteiger partial charge in [0, 0.05) is 13.6 Å². The quantitative estimate of drug-likeness (QED) is 0.811. The van der Waals surface area contributed by atoms with Crippen LogP contribution in [-0.2, 0) is 26.6 Å². The van der Waals surface area contributed by atoms with Crippen molar-refractivity contribution in [3.8, 4) is 0 Å². The molecule has 1 unspecified atom stereocenters. The first-order chi connectivity index (χ1) is 8.84. The highest BCUT2D eigenvalue weighted by atomic mass is 35.5. The van der Waals surface area contributed by atoms with Crippen LogP contribution >= 0.6 is 11.6 Å². The van der Waals surface area contributed by atoms with Crippen molar-refractivity contribution in [1.29, 1.82) is 0 Å². The summed E-state index contributed by atoms with van der Waals surface area (Å²) in [6.07, 6.45) is 0.0550. The molecule has 1 N–H and O–H groups in total. The summed E-state index contributed by atoms with van der Waals surface area (Å²) < 4.78 is 31.9. The summed E-state index contributed by atoms with van der Waals surface area (Å²) in [5, 5.41) is 12.5. The van der Waals surface area contributed by atoms with Crippen molar-refractivity contribution in [3.05, 3.63) is 11.2 Å². The van der Waals surface area contributed by atoms with E-state index in [1.807, 2.05) is 0 Å². The van der Waals surface area contributed by atoms with Crippen LogP contribution in [0, 0.1) is 0 Å². The maximum atomic E-state index is 12.4. The molecule has 0 aromatic carbocycles. The van der Waals surface area contributed by atoms with Crippen molar-refractivity contribution in [2.45, 2.75) is 11.1 Å². The molecule has 1 aromatic rings. The van der Waals surface area contributed by atoms with E-state index in [4.69, 9.17) is 21.4 Å². The van der Waals surface area contributed by atoms with Crippen LogP contribution in [0.3, 0.4) is 0 Å². The predicted octanol–water partition coefficient (Wildman–Crippen LogP) is -0.452. The number of carboxylic acids is 1. The summed E-state index contributed by atoms with van der Waals surface area (Å²) in [4.78, 5) is 10.9. The maximum Gasteiger partial charge on any atom is 0.334 e. The number of ether oxygens (including phenoxy) is 1. The van der Waals surface area contributed by atoms with Gasteiger partial charge < -0.3 is 9.84 Å². The first-order valence-electron chi connectivity index (χ1n) is 5.36. The molecule has 0 radical (unpaired) electrons. The fourth-order valence-corrected chi connectivity index (χ4v) is 3.84. The lowest BCUT2D eigenvalue weighted by Gasteiger charge is -2.29. The second-order valence-electron chi connectivity index (χ2n) is 3.98. The number of hydrogen-bond acceptors (Lipinski definition) is 5. The highest BCUT2D eigenvalue weighted by molar-refractivity contribution is 7.89. The van der Waals surface area contributed by atoms with Gasteiger partial charge in [-0.15, -0.1) is 0 Å². The molecule has 2 heterocycles. The second-order valence-corrected chi connectivity index (χ2v) is 6.24. The Morgan fingerprint density at radius 3 is 2.84 bits per heavy atom. The maximum absolute atomic E-state index is 12.4. The number of aryl methyl sites for hydroxylation is 1. The highest BCUT2D eigenvalue weighted by Gasteiger charge is 2.36. The van der Waals surface area contributed by atoms with Crippen molar-refractivity contribution in [3.63, 3.8) is 0 Å². The zero-order valence-electron chi connectivity index (χ0n) is 9.98. The van der Waals surface area contributed by atoms with Crippen LogP contribution in [0.4, 0.5) is 0 Å². The molecule has 0 spiro atoms. The number of nitrogens with zero attached hydrogens (tertiary/aromatic N) is 3. The van der Waals surface area contributed by atoms with Gasteiger partial charge in [0.2, 0.25) is 0 Å². The van der Waals surface area contributed by atoms with E-state index in [2.05, 4.69) is 5.10 Å². The molecule has 1 saturated heterocycles. The molecule has 1 aromatic heterocycles. The lowest BCUT2D eigenvalue weighted by molar-refractivity contribution is -0.153. The molecule has 1 aliphatic rings. The van der Waals surface area contributed by atoms with E-state index in [1.165, 1.54) is 13.2 Å². The Hall–Kier alpha value is -1.16. The first-order valence-corrected chi connectivity index (χ1v) is 7.18. The summed E-state index contributed by atoms with van der Waals surface area (Å²) >= 11 is 5.81. The summed E-state index contributed by atoms with van der Waals surface area (Å²) in [7, 11) is -2.44. The van der Waals surface area contributed by atoms with Crippen molar-refractivity contribution in [2.75, 3.05) is 19.7 Å². The summed E-state index contributed by atoms with van der Waals surface area (Å²) in [6.45, 7) is -0.154. The van der Waals surface area contributed by atoms with Gasteiger partial charge in [-0.1, -0.05) is 11.6 Å². The summed E-state index contributed by atoms with van der Waals surface area (Å²) in [5.41, 5.74) is 0. The first kappa shape index (κ1) is 14.3. The molecule has 0 saturated carbocycles. The molecule has 0 bridgehead atoms. The Morgan fingerprint density at radius 2 is 2.32 bits per heavy atom. The SMILES string of the molecule is Cn1ncc(Cl)c1S(=O)(=O)N1CCOC(C(=O)O)C1. The topological polar surface area (TPSA) is 102 Å². The standard InChI is InChI=1S/C9H12ClN3O5S/c1-12-8(6(10)4-11-12)19(16,17)13-2-3-18-7(5-13)9(14)15/h4,7H,2-3,5H2,1H3,(H,14,15). The monoisotopic (exact) mass is 309 g/mol. The third-order valence-electron chi connectivity index (χ3n) is 2.73. The van der Waals surface area contributed by atoms with Gasteiger partial charge in [-0.25, -0.2) is 13.2 Å². The number of aliphatic carboxylic acids is 1. The van der Waals surface area contributed by atoms with E-state index < -0.39 is 22.1 Å². The van der Waals surface area contributed by atoms with Gasteiger partial charge in [0.15, 0.2) is 11.1 Å². The molecule has 1 aliphatic heterocycles. The minimum atomic E-state index is -3.89. The van der Waals surface area contributed by atoms with Crippen molar-refractivity contribution < 1.29 is 23.1 Å². The molecule has 106 valence electrons. The fraction of sp³-hybridized carbons (Fsp3) is 0.556. The Bertz CT molecular complexity index is 579. The second kappa shape index (κ2) is 5.08. The van der Waals surface area contributed by atoms with Crippen LogP contribution in [0.25, 0.3) is 0 Å². The van der Waals surface area contributed by atoms with Crippen molar-refractivity contribution in [1.82, 2.24) is 14.1 Å². The molecule has 8 nitrogen and oxygen atoms in total. The molecule has 0 amide bonds. The summed E-state index contributed by atoms with van der Waals surface area (Å²) in [5.74, 6) is -1.20. The zero-order valence-corrected chi connectivity index (χ0v) is 11.6. The van der Waals surface area contributed by atoms with Gasteiger partial charge in [-0.2, -0.15) is 9.40 Å². The zero-order chi connectivity index (χ0) is 14.2. The van der Waals surface area contributed by atoms with E-state index in [0.717, 1.165) is 8.99 Å². The largest absolute Gasteiger partial charge is 0.479 e. The van der Waals surface area contributed by atoms with Gasteiger partial charge in [-0.05, 0) is 0 Å². The number of carbonyl (C=O) groups is 1. The van der Waals surface area contributed by atoms with Crippen LogP contribution in [0.2, 0.25) is 5.02 Å². The molecule has 10 heteroatoms. The predicted molar refractivity (Wildman–Crippen MR) is 64.4 cm³/mol. The van der Waals surface area contributed by atoms with Gasteiger partial charge in [0.1, 0.15) is 0 Å². The summed E-state index contributed by atoms with van der Waals surface area (Å²) in [6, 6.07) is 0. The number of aromatic nitrogens is 2. The van der Waals surface area contributed by atoms with Crippen LogP contribution in [0.1, 0.15) is 0 Å². The fourth-order valence-electron chi connectivity index (χ4n) is 1.81. The number of halogens is 1. The van der Waals surface area contributed by atoms with E-state index in [9.17, 15) is 13.2 Å². The van der Waals surface area contributed by atoms with Crippen LogP contribution in [-0.4, -0.2) is 59.4 Å². The van der Waals surface area contributed by atoms with E-state index in [-0.39, 0.29) is 29.7 Å². The number of morpholine rings is 1. The number of carboxylic acid groups (broad SMARTS) is 1. The van der Waals surface area contributed by atoms with Gasteiger partial charge in [0.25, 0.3) is 10.0 Å². The third-order valence-corrected chi connectivity index (χ3v) is 5.10. The molecule has 1 fully saturated rings. The Balaban J connectivity index is 2.32. The molecule has 0 aliphatic carbocycles. The minimum Gasteiger partial charge on any atom is -0.479 e. The Kier molecular flexibility index (Phi) is 3.81. The smallest absolute Gasteiger partial charge is 0.334 e. The molecule has 2 rings (SSSR count). The van der Waals surface area contributed by atoms with Gasteiger partial charge in [-0.3, -0.25) is 4.68 Å². The lowest BCUT2D eigenvalue weighted by Crippen LogP contribution is -2.48. The van der Waals surface area contributed by atoms with Gasteiger partial charge >= 0.3 is 5.97 Å². The number of rotatable bonds is 3. The molecular formula is C9H12ClN3O5S. The van der Waals surface area contributed by atoms with E-state index in [1.54, 1.807) is 0 Å². The molecule has 19 heavy (non-hydrogen) atoms. The highest BCUT2D eigenvalue weighted by Crippen LogP contribution is 2.25. The van der Waals surface area contributed by atoms with Crippen molar-refractivity contribution in [2.24, 2.45) is 7.05 Å². The lowest BCUT2D eigenvalue weighted by atomic mass is 10.3. The Morgan fingerprint density at radius 1 is 1.63 bits per heavy atom. The Labute approximate surface area is 114 Å². The van der Waals surface area contributed by atoms with E-state index >= 15 is 0 Å². The van der Waals surface area contributed by atoms with E-state index in [0.29, 0.717) is 0 Å². The van der Waals surface area contributed by atoms with Crippen molar-refractivity contribution >= 4 is 27.6 Å². The average molecular weight is 310 g/mol. The number of hydrogen-bond donors (Lipinski definition) is 1. The number of sulfonamides is 1. The molecular weight excluding hydrogens is 298 g/mol. The van der Waals surface area contributed by atoms with Gasteiger partial charge in [0.05, 0.1) is 24.4 Å². The normalized spacial score (nSPS) is 21.5. The average Bonchev–Trinajstić information content (AvgIpc) is 2.69. The van der Waals surface area contributed by atoms with Crippen LogP contribution in [0.15, 0.2) is 11.2 Å². The third kappa shape index (κ3) is 2.59. The molecule has 1 atom stereocenters. The van der Waals surface area contributed by atoms with Crippen LogP contribution in [0.5, 0.6) is 0 Å². The minimum absolute atomic E-state index is 0.000803. The van der Waals surface area contributed by atoms with Crippen LogP contribution < -0.4 is 0 Å².